The number of ether oxygens (including phenoxy) is 1. The molecule has 2 heterocycles. The van der Waals surface area contributed by atoms with Crippen LogP contribution in [-0.2, 0) is 4.74 Å². The zero-order valence-corrected chi connectivity index (χ0v) is 8.18. The third-order valence-electron chi connectivity index (χ3n) is 3.12. The molecule has 2 unspecified atom stereocenters. The summed E-state index contributed by atoms with van der Waals surface area (Å²) in [5.41, 5.74) is -1.05. The zero-order chi connectivity index (χ0) is 9.31. The van der Waals surface area contributed by atoms with Crippen LogP contribution in [0.5, 0.6) is 0 Å². The van der Waals surface area contributed by atoms with E-state index in [9.17, 15) is 4.39 Å². The van der Waals surface area contributed by atoms with E-state index in [1.165, 1.54) is 0 Å². The van der Waals surface area contributed by atoms with Crippen molar-refractivity contribution in [1.29, 1.82) is 0 Å². The number of hydrogen-bond acceptors (Lipinski definition) is 2. The third-order valence-corrected chi connectivity index (χ3v) is 3.12. The first-order valence-electron chi connectivity index (χ1n) is 5.24. The Labute approximate surface area is 78.8 Å². The van der Waals surface area contributed by atoms with Crippen LogP contribution in [0.25, 0.3) is 0 Å². The van der Waals surface area contributed by atoms with Gasteiger partial charge >= 0.3 is 0 Å². The summed E-state index contributed by atoms with van der Waals surface area (Å²) < 4.78 is 19.3. The van der Waals surface area contributed by atoms with E-state index in [1.54, 1.807) is 0 Å². The van der Waals surface area contributed by atoms with E-state index >= 15 is 0 Å². The van der Waals surface area contributed by atoms with E-state index < -0.39 is 5.67 Å². The van der Waals surface area contributed by atoms with E-state index in [1.807, 2.05) is 6.92 Å². The van der Waals surface area contributed by atoms with Crippen molar-refractivity contribution in [3.63, 3.8) is 0 Å². The van der Waals surface area contributed by atoms with Crippen LogP contribution in [0.2, 0.25) is 0 Å². The fourth-order valence-corrected chi connectivity index (χ4v) is 2.59. The van der Waals surface area contributed by atoms with Gasteiger partial charge in [0.1, 0.15) is 5.67 Å². The van der Waals surface area contributed by atoms with E-state index in [-0.39, 0.29) is 6.61 Å². The van der Waals surface area contributed by atoms with Crippen molar-refractivity contribution < 1.29 is 9.13 Å². The molecule has 2 fully saturated rings. The average Bonchev–Trinajstić information content (AvgIpc) is 2.43. The van der Waals surface area contributed by atoms with Crippen LogP contribution in [0.4, 0.5) is 4.39 Å². The number of piperidine rings is 1. The van der Waals surface area contributed by atoms with Gasteiger partial charge in [0.15, 0.2) is 0 Å². The zero-order valence-electron chi connectivity index (χ0n) is 8.18. The summed E-state index contributed by atoms with van der Waals surface area (Å²) in [5.74, 6) is 0. The van der Waals surface area contributed by atoms with Crippen molar-refractivity contribution in [1.82, 2.24) is 5.32 Å². The van der Waals surface area contributed by atoms with Crippen molar-refractivity contribution in [2.75, 3.05) is 13.2 Å². The van der Waals surface area contributed by atoms with Gasteiger partial charge in [0, 0.05) is 18.7 Å². The Balaban J connectivity index is 1.92. The minimum absolute atomic E-state index is 0.290. The summed E-state index contributed by atoms with van der Waals surface area (Å²) in [7, 11) is 0. The van der Waals surface area contributed by atoms with Crippen LogP contribution >= 0.6 is 0 Å². The molecule has 13 heavy (non-hydrogen) atoms. The largest absolute Gasteiger partial charge is 0.378 e. The second-order valence-electron chi connectivity index (χ2n) is 4.33. The molecule has 3 heteroatoms. The number of halogens is 1. The van der Waals surface area contributed by atoms with Crippen LogP contribution in [0.3, 0.4) is 0 Å². The summed E-state index contributed by atoms with van der Waals surface area (Å²) in [6, 6.07) is 0.813. The first-order chi connectivity index (χ1) is 6.22. The molecule has 2 atom stereocenters. The molecule has 76 valence electrons. The molecular formula is C10H18FNO. The highest BCUT2D eigenvalue weighted by atomic mass is 19.1. The molecule has 2 rings (SSSR count). The molecule has 2 bridgehead atoms. The summed E-state index contributed by atoms with van der Waals surface area (Å²) in [6.07, 6.45) is 3.57. The Morgan fingerprint density at radius 1 is 1.38 bits per heavy atom. The summed E-state index contributed by atoms with van der Waals surface area (Å²) in [4.78, 5) is 0. The van der Waals surface area contributed by atoms with Gasteiger partial charge in [0.05, 0.1) is 6.61 Å². The standard InChI is InChI=1S/C10H18FNO/c1-2-13-7-10(11)5-8-3-4-9(6-10)12-8/h8-9,12H,2-7H2,1H3. The van der Waals surface area contributed by atoms with Crippen molar-refractivity contribution in [3.05, 3.63) is 0 Å². The third kappa shape index (κ3) is 2.02. The monoisotopic (exact) mass is 187 g/mol. The number of rotatable bonds is 3. The molecule has 2 aliphatic rings. The molecule has 0 saturated carbocycles. The van der Waals surface area contributed by atoms with E-state index in [0.29, 0.717) is 31.5 Å². The second kappa shape index (κ2) is 3.54. The lowest BCUT2D eigenvalue weighted by Crippen LogP contribution is -2.48. The normalized spacial score (nSPS) is 43.8. The molecule has 0 amide bonds. The fraction of sp³-hybridized carbons (Fsp3) is 1.00. The molecule has 0 spiro atoms. The molecule has 0 aliphatic carbocycles. The Kier molecular flexibility index (Phi) is 2.56. The Hall–Kier alpha value is -0.150. The summed E-state index contributed by atoms with van der Waals surface area (Å²) in [5, 5.41) is 3.43. The van der Waals surface area contributed by atoms with Gasteiger partial charge in [0.2, 0.25) is 0 Å². The van der Waals surface area contributed by atoms with Crippen LogP contribution in [0.1, 0.15) is 32.6 Å². The first-order valence-corrected chi connectivity index (χ1v) is 5.24. The van der Waals surface area contributed by atoms with Crippen molar-refractivity contribution >= 4 is 0 Å². The van der Waals surface area contributed by atoms with Crippen LogP contribution in [0, 0.1) is 0 Å². The summed E-state index contributed by atoms with van der Waals surface area (Å²) >= 11 is 0. The SMILES string of the molecule is CCOCC1(F)CC2CCC(C1)N2. The molecule has 0 aromatic rings. The highest BCUT2D eigenvalue weighted by molar-refractivity contribution is 5.00. The lowest BCUT2D eigenvalue weighted by Gasteiger charge is -2.34. The molecule has 1 N–H and O–H groups in total. The molecular weight excluding hydrogens is 169 g/mol. The lowest BCUT2D eigenvalue weighted by molar-refractivity contribution is -0.0111. The van der Waals surface area contributed by atoms with Gasteiger partial charge in [-0.2, -0.15) is 0 Å². The Bertz CT molecular complexity index is 174. The average molecular weight is 187 g/mol. The highest BCUT2D eigenvalue weighted by Crippen LogP contribution is 2.36. The van der Waals surface area contributed by atoms with Gasteiger partial charge in [-0.3, -0.25) is 0 Å². The van der Waals surface area contributed by atoms with E-state index in [0.717, 1.165) is 12.8 Å². The van der Waals surface area contributed by atoms with Gasteiger partial charge in [-0.25, -0.2) is 4.39 Å². The maximum Gasteiger partial charge on any atom is 0.137 e. The van der Waals surface area contributed by atoms with Crippen LogP contribution in [0.15, 0.2) is 0 Å². The maximum absolute atomic E-state index is 14.1. The minimum atomic E-state index is -1.05. The number of hydrogen-bond donors (Lipinski definition) is 1. The Morgan fingerprint density at radius 3 is 2.54 bits per heavy atom. The van der Waals surface area contributed by atoms with E-state index in [2.05, 4.69) is 5.32 Å². The smallest absolute Gasteiger partial charge is 0.137 e. The molecule has 2 saturated heterocycles. The fourth-order valence-electron chi connectivity index (χ4n) is 2.59. The van der Waals surface area contributed by atoms with Crippen molar-refractivity contribution in [2.45, 2.75) is 50.4 Å². The van der Waals surface area contributed by atoms with Gasteiger partial charge in [-0.1, -0.05) is 0 Å². The number of fused-ring (bicyclic) bond motifs is 2. The lowest BCUT2D eigenvalue weighted by atomic mass is 9.90. The molecule has 0 aromatic heterocycles. The van der Waals surface area contributed by atoms with Crippen LogP contribution in [-0.4, -0.2) is 31.0 Å². The van der Waals surface area contributed by atoms with Gasteiger partial charge in [-0.05, 0) is 32.6 Å². The maximum atomic E-state index is 14.1. The molecule has 2 aliphatic heterocycles. The number of nitrogens with one attached hydrogen (secondary N) is 1. The number of alkyl halides is 1. The van der Waals surface area contributed by atoms with Crippen LogP contribution < -0.4 is 5.32 Å². The van der Waals surface area contributed by atoms with Gasteiger partial charge < -0.3 is 10.1 Å². The van der Waals surface area contributed by atoms with Crippen molar-refractivity contribution in [3.8, 4) is 0 Å². The second-order valence-corrected chi connectivity index (χ2v) is 4.33. The molecule has 0 radical (unpaired) electrons. The molecule has 0 aromatic carbocycles. The summed E-state index contributed by atoms with van der Waals surface area (Å²) in [6.45, 7) is 2.83. The predicted octanol–water partition coefficient (Wildman–Crippen LogP) is 1.65. The minimum Gasteiger partial charge on any atom is -0.378 e. The topological polar surface area (TPSA) is 21.3 Å². The quantitative estimate of drug-likeness (QED) is 0.725. The van der Waals surface area contributed by atoms with Gasteiger partial charge in [-0.15, -0.1) is 0 Å². The van der Waals surface area contributed by atoms with Crippen molar-refractivity contribution in [2.24, 2.45) is 0 Å². The molecule has 2 nitrogen and oxygen atoms in total. The Morgan fingerprint density at radius 2 is 2.00 bits per heavy atom. The highest BCUT2D eigenvalue weighted by Gasteiger charge is 2.44. The van der Waals surface area contributed by atoms with E-state index in [4.69, 9.17) is 4.74 Å². The van der Waals surface area contributed by atoms with Gasteiger partial charge in [0.25, 0.3) is 0 Å². The first kappa shape index (κ1) is 9.41. The predicted molar refractivity (Wildman–Crippen MR) is 49.5 cm³/mol.